The lowest BCUT2D eigenvalue weighted by Crippen LogP contribution is -2.17. The zero-order valence-electron chi connectivity index (χ0n) is 13.6. The highest BCUT2D eigenvalue weighted by atomic mass is 15.3. The van der Waals surface area contributed by atoms with Crippen LogP contribution in [0.15, 0.2) is 54.9 Å². The van der Waals surface area contributed by atoms with Crippen molar-refractivity contribution >= 4 is 17.5 Å². The van der Waals surface area contributed by atoms with Gasteiger partial charge in [-0.25, -0.2) is 4.98 Å². The van der Waals surface area contributed by atoms with Crippen LogP contribution >= 0.6 is 0 Å². The van der Waals surface area contributed by atoms with E-state index in [2.05, 4.69) is 44.5 Å². The third-order valence-corrected chi connectivity index (χ3v) is 4.17. The van der Waals surface area contributed by atoms with Crippen LogP contribution in [0.4, 0.5) is 17.5 Å². The van der Waals surface area contributed by atoms with Crippen LogP contribution in [0.25, 0.3) is 0 Å². The fourth-order valence-electron chi connectivity index (χ4n) is 3.01. The minimum atomic E-state index is 0.695. The smallest absolute Gasteiger partial charge is 0.232 e. The van der Waals surface area contributed by atoms with Gasteiger partial charge in [0, 0.05) is 42.9 Å². The molecule has 0 saturated carbocycles. The van der Waals surface area contributed by atoms with E-state index in [9.17, 15) is 0 Å². The first-order valence-corrected chi connectivity index (χ1v) is 8.13. The third-order valence-electron chi connectivity index (χ3n) is 4.17. The van der Waals surface area contributed by atoms with Crippen molar-refractivity contribution in [2.45, 2.75) is 19.9 Å². The maximum atomic E-state index is 4.71. The molecule has 1 aliphatic rings. The van der Waals surface area contributed by atoms with Gasteiger partial charge >= 0.3 is 0 Å². The minimum Gasteiger partial charge on any atom is -0.366 e. The Morgan fingerprint density at radius 1 is 1.12 bits per heavy atom. The predicted octanol–water partition coefficient (Wildman–Crippen LogP) is 3.49. The molecule has 24 heavy (non-hydrogen) atoms. The van der Waals surface area contributed by atoms with Crippen LogP contribution in [0.1, 0.15) is 16.8 Å². The number of aromatic nitrogens is 3. The molecule has 5 nitrogen and oxygen atoms in total. The lowest BCUT2D eigenvalue weighted by Gasteiger charge is -2.18. The number of anilines is 3. The van der Waals surface area contributed by atoms with Gasteiger partial charge in [-0.05, 0) is 36.6 Å². The number of fused-ring (bicyclic) bond motifs is 1. The predicted molar refractivity (Wildman–Crippen MR) is 95.5 cm³/mol. The van der Waals surface area contributed by atoms with Gasteiger partial charge in [0.1, 0.15) is 5.82 Å². The lowest BCUT2D eigenvalue weighted by atomic mass is 10.2. The summed E-state index contributed by atoms with van der Waals surface area (Å²) in [4.78, 5) is 15.7. The highest BCUT2D eigenvalue weighted by molar-refractivity contribution is 5.66. The molecule has 0 unspecified atom stereocenters. The molecule has 3 heterocycles. The number of aryl methyl sites for hydroxylation is 1. The van der Waals surface area contributed by atoms with Crippen molar-refractivity contribution in [2.24, 2.45) is 0 Å². The molecule has 0 spiro atoms. The van der Waals surface area contributed by atoms with E-state index in [4.69, 9.17) is 4.98 Å². The van der Waals surface area contributed by atoms with Crippen LogP contribution < -0.4 is 10.2 Å². The summed E-state index contributed by atoms with van der Waals surface area (Å²) in [7, 11) is 0. The van der Waals surface area contributed by atoms with E-state index < -0.39 is 0 Å². The summed E-state index contributed by atoms with van der Waals surface area (Å²) >= 11 is 0. The molecule has 0 aliphatic carbocycles. The molecule has 0 radical (unpaired) electrons. The number of hydrogen-bond acceptors (Lipinski definition) is 5. The zero-order valence-corrected chi connectivity index (χ0v) is 13.6. The van der Waals surface area contributed by atoms with Gasteiger partial charge in [-0.2, -0.15) is 4.98 Å². The normalized spacial score (nSPS) is 13.0. The van der Waals surface area contributed by atoms with E-state index in [1.807, 2.05) is 31.3 Å². The van der Waals surface area contributed by atoms with Crippen molar-refractivity contribution in [3.05, 3.63) is 71.7 Å². The Morgan fingerprint density at radius 2 is 2.04 bits per heavy atom. The van der Waals surface area contributed by atoms with E-state index in [1.54, 1.807) is 6.20 Å². The largest absolute Gasteiger partial charge is 0.366 e. The standard InChI is InChI=1S/C19H19N5/c1-14-11-18(21-13-15-5-4-9-20-12-15)23-19(22-14)24-10-8-16-6-2-3-7-17(16)24/h2-7,9,11-12H,8,10,13H2,1H3,(H,21,22,23). The number of pyridine rings is 1. The van der Waals surface area contributed by atoms with Crippen molar-refractivity contribution in [1.82, 2.24) is 15.0 Å². The average Bonchev–Trinajstić information content (AvgIpc) is 3.05. The van der Waals surface area contributed by atoms with Crippen molar-refractivity contribution < 1.29 is 0 Å². The highest BCUT2D eigenvalue weighted by Gasteiger charge is 2.22. The molecule has 0 bridgehead atoms. The molecule has 3 aromatic rings. The van der Waals surface area contributed by atoms with Crippen molar-refractivity contribution in [3.63, 3.8) is 0 Å². The second kappa shape index (κ2) is 6.28. The lowest BCUT2D eigenvalue weighted by molar-refractivity contribution is 0.925. The molecule has 0 atom stereocenters. The first kappa shape index (κ1) is 14.6. The van der Waals surface area contributed by atoms with Crippen LogP contribution in [-0.4, -0.2) is 21.5 Å². The van der Waals surface area contributed by atoms with Crippen LogP contribution in [0.2, 0.25) is 0 Å². The number of hydrogen-bond donors (Lipinski definition) is 1. The molecule has 5 heteroatoms. The number of nitrogens with zero attached hydrogens (tertiary/aromatic N) is 4. The van der Waals surface area contributed by atoms with Gasteiger partial charge in [0.2, 0.25) is 5.95 Å². The summed E-state index contributed by atoms with van der Waals surface area (Å²) in [6.07, 6.45) is 4.67. The van der Waals surface area contributed by atoms with Gasteiger partial charge in [0.15, 0.2) is 0 Å². The Hall–Kier alpha value is -2.95. The molecule has 2 aromatic heterocycles. The van der Waals surface area contributed by atoms with Gasteiger partial charge in [-0.1, -0.05) is 24.3 Å². The molecule has 4 rings (SSSR count). The molecule has 1 aliphatic heterocycles. The summed E-state index contributed by atoms with van der Waals surface area (Å²) in [5.41, 5.74) is 4.65. The molecular formula is C19H19N5. The van der Waals surface area contributed by atoms with Crippen LogP contribution in [0, 0.1) is 6.92 Å². The molecule has 1 aromatic carbocycles. The monoisotopic (exact) mass is 317 g/mol. The van der Waals surface area contributed by atoms with Gasteiger partial charge in [-0.3, -0.25) is 4.98 Å². The van der Waals surface area contributed by atoms with E-state index >= 15 is 0 Å². The fourth-order valence-corrected chi connectivity index (χ4v) is 3.01. The third kappa shape index (κ3) is 2.93. The summed E-state index contributed by atoms with van der Waals surface area (Å²) in [5, 5.41) is 3.37. The van der Waals surface area contributed by atoms with Gasteiger partial charge in [0.25, 0.3) is 0 Å². The second-order valence-corrected chi connectivity index (χ2v) is 5.94. The fraction of sp³-hybridized carbons (Fsp3) is 0.211. The Labute approximate surface area is 141 Å². The van der Waals surface area contributed by atoms with E-state index in [0.29, 0.717) is 6.54 Å². The number of nitrogens with one attached hydrogen (secondary N) is 1. The van der Waals surface area contributed by atoms with E-state index in [1.165, 1.54) is 11.3 Å². The molecular weight excluding hydrogens is 298 g/mol. The van der Waals surface area contributed by atoms with Crippen molar-refractivity contribution in [1.29, 1.82) is 0 Å². The first-order valence-electron chi connectivity index (χ1n) is 8.13. The number of rotatable bonds is 4. The van der Waals surface area contributed by atoms with E-state index in [-0.39, 0.29) is 0 Å². The minimum absolute atomic E-state index is 0.695. The zero-order chi connectivity index (χ0) is 16.4. The van der Waals surface area contributed by atoms with Crippen LogP contribution in [-0.2, 0) is 13.0 Å². The average molecular weight is 317 g/mol. The topological polar surface area (TPSA) is 53.9 Å². The number of benzene rings is 1. The van der Waals surface area contributed by atoms with Crippen LogP contribution in [0.3, 0.4) is 0 Å². The van der Waals surface area contributed by atoms with E-state index in [0.717, 1.165) is 36.0 Å². The molecule has 0 saturated heterocycles. The SMILES string of the molecule is Cc1cc(NCc2cccnc2)nc(N2CCc3ccccc32)n1. The maximum Gasteiger partial charge on any atom is 0.232 e. The Balaban J connectivity index is 1.58. The van der Waals surface area contributed by atoms with Crippen molar-refractivity contribution in [3.8, 4) is 0 Å². The first-order chi connectivity index (χ1) is 11.8. The molecule has 0 amide bonds. The van der Waals surface area contributed by atoms with Crippen molar-refractivity contribution in [2.75, 3.05) is 16.8 Å². The quantitative estimate of drug-likeness (QED) is 0.798. The van der Waals surface area contributed by atoms with Gasteiger partial charge in [-0.15, -0.1) is 0 Å². The number of para-hydroxylation sites is 1. The molecule has 0 fully saturated rings. The highest BCUT2D eigenvalue weighted by Crippen LogP contribution is 2.32. The van der Waals surface area contributed by atoms with Gasteiger partial charge < -0.3 is 10.2 Å². The maximum absolute atomic E-state index is 4.71. The summed E-state index contributed by atoms with van der Waals surface area (Å²) in [5.74, 6) is 1.60. The molecule has 1 N–H and O–H groups in total. The summed E-state index contributed by atoms with van der Waals surface area (Å²) < 4.78 is 0. The van der Waals surface area contributed by atoms with Gasteiger partial charge in [0.05, 0.1) is 0 Å². The summed E-state index contributed by atoms with van der Waals surface area (Å²) in [6.45, 7) is 3.62. The Bertz CT molecular complexity index is 847. The summed E-state index contributed by atoms with van der Waals surface area (Å²) in [6, 6.07) is 14.4. The molecule has 120 valence electrons. The Kier molecular flexibility index (Phi) is 3.83. The Morgan fingerprint density at radius 3 is 2.92 bits per heavy atom. The second-order valence-electron chi connectivity index (χ2n) is 5.94. The van der Waals surface area contributed by atoms with Crippen LogP contribution in [0.5, 0.6) is 0 Å².